The summed E-state index contributed by atoms with van der Waals surface area (Å²) >= 11 is 0. The lowest BCUT2D eigenvalue weighted by molar-refractivity contribution is -0.131. The van der Waals surface area contributed by atoms with E-state index in [4.69, 9.17) is 4.74 Å². The summed E-state index contributed by atoms with van der Waals surface area (Å²) in [5.74, 6) is 0.493. The van der Waals surface area contributed by atoms with Crippen molar-refractivity contribution in [2.24, 2.45) is 0 Å². The van der Waals surface area contributed by atoms with Gasteiger partial charge in [0.2, 0.25) is 5.91 Å². The molecule has 1 saturated heterocycles. The molecule has 1 amide bonds. The number of carbonyl (C=O) groups is 1. The third kappa shape index (κ3) is 3.75. The van der Waals surface area contributed by atoms with E-state index in [-0.39, 0.29) is 12.0 Å². The standard InChI is InChI=1S/C11H17NO3/c1-3-9(2)15-7-5-11(14)12-6-4-10(13)8-12/h3,10,13H,1-2,4-8H2. The molecule has 0 aliphatic carbocycles. The summed E-state index contributed by atoms with van der Waals surface area (Å²) in [7, 11) is 0. The number of likely N-dealkylation sites (tertiary alicyclic amines) is 1. The minimum Gasteiger partial charge on any atom is -0.494 e. The first kappa shape index (κ1) is 11.8. The van der Waals surface area contributed by atoms with Crippen molar-refractivity contribution >= 4 is 5.91 Å². The first-order valence-electron chi connectivity index (χ1n) is 5.03. The van der Waals surface area contributed by atoms with E-state index in [0.29, 0.717) is 38.3 Å². The summed E-state index contributed by atoms with van der Waals surface area (Å²) in [5, 5.41) is 9.25. The van der Waals surface area contributed by atoms with Crippen molar-refractivity contribution in [2.75, 3.05) is 19.7 Å². The summed E-state index contributed by atoms with van der Waals surface area (Å²) in [6, 6.07) is 0. The Morgan fingerprint density at radius 3 is 2.93 bits per heavy atom. The van der Waals surface area contributed by atoms with Gasteiger partial charge < -0.3 is 14.7 Å². The highest BCUT2D eigenvalue weighted by Gasteiger charge is 2.23. The van der Waals surface area contributed by atoms with Gasteiger partial charge in [0.05, 0.1) is 19.1 Å². The normalized spacial score (nSPS) is 20.1. The molecule has 15 heavy (non-hydrogen) atoms. The van der Waals surface area contributed by atoms with E-state index in [2.05, 4.69) is 13.2 Å². The average Bonchev–Trinajstić information content (AvgIpc) is 2.64. The summed E-state index contributed by atoms with van der Waals surface area (Å²) in [4.78, 5) is 13.2. The van der Waals surface area contributed by atoms with Crippen LogP contribution in [0.3, 0.4) is 0 Å². The van der Waals surface area contributed by atoms with E-state index in [1.54, 1.807) is 4.90 Å². The highest BCUT2D eigenvalue weighted by atomic mass is 16.5. The van der Waals surface area contributed by atoms with Gasteiger partial charge in [0.15, 0.2) is 0 Å². The summed E-state index contributed by atoms with van der Waals surface area (Å²) < 4.78 is 5.13. The molecule has 1 rings (SSSR count). The van der Waals surface area contributed by atoms with Crippen molar-refractivity contribution in [3.8, 4) is 0 Å². The van der Waals surface area contributed by atoms with Crippen molar-refractivity contribution in [3.63, 3.8) is 0 Å². The van der Waals surface area contributed by atoms with Crippen LogP contribution >= 0.6 is 0 Å². The highest BCUT2D eigenvalue weighted by molar-refractivity contribution is 5.76. The fourth-order valence-corrected chi connectivity index (χ4v) is 1.45. The van der Waals surface area contributed by atoms with Gasteiger partial charge in [0.25, 0.3) is 0 Å². The number of rotatable bonds is 5. The van der Waals surface area contributed by atoms with Gasteiger partial charge in [0.1, 0.15) is 5.76 Å². The zero-order valence-corrected chi connectivity index (χ0v) is 8.82. The minimum absolute atomic E-state index is 0.0170. The third-order valence-electron chi connectivity index (χ3n) is 2.35. The molecule has 1 fully saturated rings. The summed E-state index contributed by atoms with van der Waals surface area (Å²) in [6.45, 7) is 8.47. The van der Waals surface area contributed by atoms with Crippen LogP contribution in [-0.2, 0) is 9.53 Å². The number of amides is 1. The zero-order valence-electron chi connectivity index (χ0n) is 8.82. The molecule has 4 nitrogen and oxygen atoms in total. The first-order valence-corrected chi connectivity index (χ1v) is 5.03. The van der Waals surface area contributed by atoms with E-state index in [1.165, 1.54) is 6.08 Å². The quantitative estimate of drug-likeness (QED) is 0.537. The lowest BCUT2D eigenvalue weighted by Crippen LogP contribution is -2.30. The zero-order chi connectivity index (χ0) is 11.3. The molecule has 1 atom stereocenters. The second kappa shape index (κ2) is 5.56. The van der Waals surface area contributed by atoms with E-state index in [0.717, 1.165) is 0 Å². The minimum atomic E-state index is -0.363. The predicted molar refractivity (Wildman–Crippen MR) is 57.1 cm³/mol. The van der Waals surface area contributed by atoms with Crippen molar-refractivity contribution in [2.45, 2.75) is 18.9 Å². The molecule has 1 unspecified atom stereocenters. The van der Waals surface area contributed by atoms with E-state index in [9.17, 15) is 9.90 Å². The van der Waals surface area contributed by atoms with Crippen LogP contribution in [0, 0.1) is 0 Å². The van der Waals surface area contributed by atoms with Gasteiger partial charge in [0, 0.05) is 13.1 Å². The molecular weight excluding hydrogens is 194 g/mol. The number of hydrogen-bond acceptors (Lipinski definition) is 3. The Morgan fingerprint density at radius 1 is 1.67 bits per heavy atom. The number of β-amino-alcohol motifs (C(OH)–C–C–N with tert-alkyl or cyclic N) is 1. The van der Waals surface area contributed by atoms with Crippen LogP contribution in [0.2, 0.25) is 0 Å². The van der Waals surface area contributed by atoms with Crippen molar-refractivity contribution in [1.29, 1.82) is 0 Å². The smallest absolute Gasteiger partial charge is 0.226 e. The highest BCUT2D eigenvalue weighted by Crippen LogP contribution is 2.10. The fraction of sp³-hybridized carbons (Fsp3) is 0.545. The topological polar surface area (TPSA) is 49.8 Å². The maximum Gasteiger partial charge on any atom is 0.226 e. The van der Waals surface area contributed by atoms with Crippen LogP contribution in [0.1, 0.15) is 12.8 Å². The van der Waals surface area contributed by atoms with Crippen molar-refractivity contribution < 1.29 is 14.6 Å². The van der Waals surface area contributed by atoms with Gasteiger partial charge in [-0.05, 0) is 12.5 Å². The number of carbonyl (C=O) groups excluding carboxylic acids is 1. The van der Waals surface area contributed by atoms with Gasteiger partial charge in [-0.2, -0.15) is 0 Å². The maximum absolute atomic E-state index is 11.5. The molecule has 1 aliphatic rings. The van der Waals surface area contributed by atoms with E-state index < -0.39 is 0 Å². The molecule has 84 valence electrons. The van der Waals surface area contributed by atoms with Crippen LogP contribution in [0.5, 0.6) is 0 Å². The Labute approximate surface area is 89.8 Å². The largest absolute Gasteiger partial charge is 0.494 e. The van der Waals surface area contributed by atoms with E-state index >= 15 is 0 Å². The summed E-state index contributed by atoms with van der Waals surface area (Å²) in [6.07, 6.45) is 2.13. The molecule has 0 aromatic carbocycles. The molecule has 1 heterocycles. The van der Waals surface area contributed by atoms with Crippen molar-refractivity contribution in [3.05, 3.63) is 25.0 Å². The number of ether oxygens (including phenoxy) is 1. The van der Waals surface area contributed by atoms with Crippen LogP contribution in [0.4, 0.5) is 0 Å². The molecule has 0 saturated carbocycles. The molecule has 1 aliphatic heterocycles. The molecule has 0 bridgehead atoms. The lowest BCUT2D eigenvalue weighted by Gasteiger charge is -2.15. The Bertz CT molecular complexity index is 263. The molecule has 0 aromatic heterocycles. The Kier molecular flexibility index (Phi) is 4.37. The third-order valence-corrected chi connectivity index (χ3v) is 2.35. The van der Waals surface area contributed by atoms with Gasteiger partial charge in [-0.1, -0.05) is 13.2 Å². The monoisotopic (exact) mass is 211 g/mol. The van der Waals surface area contributed by atoms with Gasteiger partial charge in [-0.15, -0.1) is 0 Å². The average molecular weight is 211 g/mol. The predicted octanol–water partition coefficient (Wildman–Crippen LogP) is 0.686. The van der Waals surface area contributed by atoms with Gasteiger partial charge >= 0.3 is 0 Å². The number of allylic oxidation sites excluding steroid dienone is 1. The lowest BCUT2D eigenvalue weighted by atomic mass is 10.3. The molecular formula is C11H17NO3. The number of hydrogen-bond donors (Lipinski definition) is 1. The number of nitrogens with zero attached hydrogens (tertiary/aromatic N) is 1. The van der Waals surface area contributed by atoms with Crippen LogP contribution < -0.4 is 0 Å². The second-order valence-electron chi connectivity index (χ2n) is 3.55. The summed E-state index contributed by atoms with van der Waals surface area (Å²) in [5.41, 5.74) is 0. The molecule has 4 heteroatoms. The van der Waals surface area contributed by atoms with Crippen LogP contribution in [0.15, 0.2) is 25.0 Å². The first-order chi connectivity index (χ1) is 7.13. The molecule has 0 spiro atoms. The molecule has 0 radical (unpaired) electrons. The maximum atomic E-state index is 11.5. The Hall–Kier alpha value is -1.29. The second-order valence-corrected chi connectivity index (χ2v) is 3.55. The Balaban J connectivity index is 2.19. The Morgan fingerprint density at radius 2 is 2.40 bits per heavy atom. The fourth-order valence-electron chi connectivity index (χ4n) is 1.45. The van der Waals surface area contributed by atoms with E-state index in [1.807, 2.05) is 0 Å². The number of aliphatic hydroxyl groups is 1. The van der Waals surface area contributed by atoms with Crippen LogP contribution in [-0.4, -0.2) is 41.7 Å². The van der Waals surface area contributed by atoms with Gasteiger partial charge in [-0.25, -0.2) is 0 Å². The molecule has 0 aromatic rings. The molecule has 1 N–H and O–H groups in total. The van der Waals surface area contributed by atoms with Crippen LogP contribution in [0.25, 0.3) is 0 Å². The van der Waals surface area contributed by atoms with Gasteiger partial charge in [-0.3, -0.25) is 4.79 Å². The van der Waals surface area contributed by atoms with Crippen molar-refractivity contribution in [1.82, 2.24) is 4.90 Å². The SMILES string of the molecule is C=CC(=C)OCCC(=O)N1CCC(O)C1. The number of aliphatic hydroxyl groups excluding tert-OH is 1.